The summed E-state index contributed by atoms with van der Waals surface area (Å²) in [5.74, 6) is -0.806. The minimum Gasteiger partial charge on any atom is -0.368 e. The Morgan fingerprint density at radius 2 is 1.32 bits per heavy atom. The summed E-state index contributed by atoms with van der Waals surface area (Å²) < 4.78 is 27.3. The fourth-order valence-corrected chi connectivity index (χ4v) is 5.66. The number of urea groups is 1. The van der Waals surface area contributed by atoms with Crippen molar-refractivity contribution in [2.45, 2.75) is 17.0 Å². The molecule has 9 heteroatoms. The number of hydrogen-bond donors (Lipinski definition) is 2. The summed E-state index contributed by atoms with van der Waals surface area (Å²) in [5.41, 5.74) is 7.38. The Kier molecular flexibility index (Phi) is 6.95. The third-order valence-electron chi connectivity index (χ3n) is 5.83. The van der Waals surface area contributed by atoms with Gasteiger partial charge in [0.05, 0.1) is 10.9 Å². The van der Waals surface area contributed by atoms with Crippen LogP contribution in [0.15, 0.2) is 95.9 Å². The van der Waals surface area contributed by atoms with E-state index in [9.17, 15) is 18.0 Å². The molecule has 1 heterocycles. The lowest BCUT2D eigenvalue weighted by Crippen LogP contribution is -2.62. The molecule has 0 bridgehead atoms. The van der Waals surface area contributed by atoms with Crippen molar-refractivity contribution >= 4 is 22.0 Å². The van der Waals surface area contributed by atoms with Crippen molar-refractivity contribution in [3.63, 3.8) is 0 Å². The lowest BCUT2D eigenvalue weighted by molar-refractivity contribution is -0.122. The highest BCUT2D eigenvalue weighted by atomic mass is 32.2. The first-order valence-electron chi connectivity index (χ1n) is 10.9. The van der Waals surface area contributed by atoms with E-state index in [4.69, 9.17) is 5.73 Å². The van der Waals surface area contributed by atoms with Gasteiger partial charge in [0.2, 0.25) is 15.9 Å². The molecule has 3 amide bonds. The Labute approximate surface area is 199 Å². The number of primary amides is 1. The third kappa shape index (κ3) is 4.95. The summed E-state index contributed by atoms with van der Waals surface area (Å²) in [6.45, 7) is -0.0545. The van der Waals surface area contributed by atoms with Crippen LogP contribution < -0.4 is 11.1 Å². The molecule has 1 atom stereocenters. The Hall–Kier alpha value is -3.69. The fraction of sp³-hybridized carbons (Fsp3) is 0.200. The van der Waals surface area contributed by atoms with Crippen molar-refractivity contribution in [2.75, 3.05) is 19.6 Å². The van der Waals surface area contributed by atoms with E-state index in [0.29, 0.717) is 0 Å². The molecule has 3 N–H and O–H groups in total. The molecule has 1 aliphatic rings. The lowest BCUT2D eigenvalue weighted by atomic mass is 9.99. The SMILES string of the molecule is NC(=O)C1CN(C(=O)NC(c2ccccc2)c2ccccc2)CCN1S(=O)(=O)c1ccccc1. The van der Waals surface area contributed by atoms with Gasteiger partial charge in [-0.1, -0.05) is 78.9 Å². The lowest BCUT2D eigenvalue weighted by Gasteiger charge is -2.39. The summed E-state index contributed by atoms with van der Waals surface area (Å²) >= 11 is 0. The van der Waals surface area contributed by atoms with Crippen molar-refractivity contribution in [1.29, 1.82) is 0 Å². The molecular formula is C25H26N4O4S. The zero-order chi connectivity index (χ0) is 24.1. The predicted molar refractivity (Wildman–Crippen MR) is 128 cm³/mol. The van der Waals surface area contributed by atoms with E-state index in [0.717, 1.165) is 15.4 Å². The molecule has 3 aromatic carbocycles. The number of nitrogens with two attached hydrogens (primary N) is 1. The van der Waals surface area contributed by atoms with Gasteiger partial charge in [0, 0.05) is 19.6 Å². The van der Waals surface area contributed by atoms with Gasteiger partial charge in [0.25, 0.3) is 0 Å². The van der Waals surface area contributed by atoms with Gasteiger partial charge in [-0.15, -0.1) is 0 Å². The Morgan fingerprint density at radius 3 is 1.82 bits per heavy atom. The molecule has 176 valence electrons. The Bertz CT molecular complexity index is 1200. The monoisotopic (exact) mass is 478 g/mol. The molecule has 1 fully saturated rings. The van der Waals surface area contributed by atoms with Crippen LogP contribution >= 0.6 is 0 Å². The smallest absolute Gasteiger partial charge is 0.318 e. The second-order valence-corrected chi connectivity index (χ2v) is 9.89. The topological polar surface area (TPSA) is 113 Å². The van der Waals surface area contributed by atoms with Crippen LogP contribution in [0, 0.1) is 0 Å². The maximum absolute atomic E-state index is 13.2. The van der Waals surface area contributed by atoms with Gasteiger partial charge < -0.3 is 16.0 Å². The minimum absolute atomic E-state index is 0.0421. The molecule has 1 saturated heterocycles. The molecule has 1 aliphatic heterocycles. The Morgan fingerprint density at radius 1 is 0.824 bits per heavy atom. The Balaban J connectivity index is 1.55. The van der Waals surface area contributed by atoms with Crippen LogP contribution in [0.2, 0.25) is 0 Å². The summed E-state index contributed by atoms with van der Waals surface area (Å²) in [6.07, 6.45) is 0. The number of amides is 3. The number of rotatable bonds is 6. The average molecular weight is 479 g/mol. The minimum atomic E-state index is -3.94. The molecule has 0 radical (unpaired) electrons. The van der Waals surface area contributed by atoms with E-state index in [1.165, 1.54) is 17.0 Å². The zero-order valence-electron chi connectivity index (χ0n) is 18.4. The first-order chi connectivity index (χ1) is 16.4. The van der Waals surface area contributed by atoms with E-state index >= 15 is 0 Å². The van der Waals surface area contributed by atoms with Crippen LogP contribution in [0.5, 0.6) is 0 Å². The third-order valence-corrected chi connectivity index (χ3v) is 7.75. The number of nitrogens with one attached hydrogen (secondary N) is 1. The highest BCUT2D eigenvalue weighted by molar-refractivity contribution is 7.89. The van der Waals surface area contributed by atoms with Gasteiger partial charge in [-0.05, 0) is 23.3 Å². The molecule has 0 aromatic heterocycles. The quantitative estimate of drug-likeness (QED) is 0.566. The van der Waals surface area contributed by atoms with Crippen LogP contribution in [0.4, 0.5) is 4.79 Å². The average Bonchev–Trinajstić information content (AvgIpc) is 2.88. The van der Waals surface area contributed by atoms with Gasteiger partial charge >= 0.3 is 6.03 Å². The molecule has 0 spiro atoms. The van der Waals surface area contributed by atoms with E-state index in [2.05, 4.69) is 5.32 Å². The molecular weight excluding hydrogens is 452 g/mol. The largest absolute Gasteiger partial charge is 0.368 e. The first-order valence-corrected chi connectivity index (χ1v) is 12.3. The summed E-state index contributed by atoms with van der Waals surface area (Å²) in [6, 6.07) is 25.0. The summed E-state index contributed by atoms with van der Waals surface area (Å²) in [7, 11) is -3.94. The summed E-state index contributed by atoms with van der Waals surface area (Å²) in [4.78, 5) is 27.0. The van der Waals surface area contributed by atoms with Crippen molar-refractivity contribution in [3.05, 3.63) is 102 Å². The van der Waals surface area contributed by atoms with Crippen molar-refractivity contribution in [3.8, 4) is 0 Å². The van der Waals surface area contributed by atoms with Crippen LogP contribution in [0.3, 0.4) is 0 Å². The van der Waals surface area contributed by atoms with E-state index < -0.39 is 34.0 Å². The molecule has 3 aromatic rings. The van der Waals surface area contributed by atoms with Crippen LogP contribution in [0.1, 0.15) is 17.2 Å². The van der Waals surface area contributed by atoms with Crippen molar-refractivity contribution in [1.82, 2.24) is 14.5 Å². The van der Waals surface area contributed by atoms with Crippen LogP contribution in [0.25, 0.3) is 0 Å². The molecule has 34 heavy (non-hydrogen) atoms. The fourth-order valence-electron chi connectivity index (χ4n) is 4.06. The highest BCUT2D eigenvalue weighted by Gasteiger charge is 2.40. The number of carbonyl (C=O) groups excluding carboxylic acids is 2. The maximum atomic E-state index is 13.2. The normalized spacial score (nSPS) is 16.9. The standard InChI is InChI=1S/C25H26N4O4S/c26-24(30)22-18-28(16-17-29(22)34(32,33)21-14-8-3-9-15-21)25(31)27-23(19-10-4-1-5-11-19)20-12-6-2-7-13-20/h1-15,22-23H,16-18H2,(H2,26,30)(H,27,31). The first kappa shape index (κ1) is 23.5. The van der Waals surface area contributed by atoms with E-state index in [1.54, 1.807) is 18.2 Å². The number of sulfonamides is 1. The molecule has 0 aliphatic carbocycles. The molecule has 0 saturated carbocycles. The molecule has 8 nitrogen and oxygen atoms in total. The molecule has 1 unspecified atom stereocenters. The number of hydrogen-bond acceptors (Lipinski definition) is 4. The van der Waals surface area contributed by atoms with Crippen LogP contribution in [-0.4, -0.2) is 55.2 Å². The van der Waals surface area contributed by atoms with E-state index in [1.807, 2.05) is 60.7 Å². The second-order valence-electron chi connectivity index (χ2n) is 8.00. The van der Waals surface area contributed by atoms with Crippen molar-refractivity contribution in [2.24, 2.45) is 5.73 Å². The summed E-state index contributed by atoms with van der Waals surface area (Å²) in [5, 5.41) is 3.03. The second kappa shape index (κ2) is 10.1. The molecule has 4 rings (SSSR count). The highest BCUT2D eigenvalue weighted by Crippen LogP contribution is 2.24. The number of carbonyl (C=O) groups is 2. The van der Waals surface area contributed by atoms with Gasteiger partial charge in [-0.25, -0.2) is 13.2 Å². The van der Waals surface area contributed by atoms with Gasteiger partial charge in [0.15, 0.2) is 0 Å². The zero-order valence-corrected chi connectivity index (χ0v) is 19.3. The number of benzene rings is 3. The number of nitrogens with zero attached hydrogens (tertiary/aromatic N) is 2. The van der Waals surface area contributed by atoms with Gasteiger partial charge in [-0.3, -0.25) is 4.79 Å². The predicted octanol–water partition coefficient (Wildman–Crippen LogP) is 2.35. The van der Waals surface area contributed by atoms with Crippen LogP contribution in [-0.2, 0) is 14.8 Å². The van der Waals surface area contributed by atoms with Gasteiger partial charge in [-0.2, -0.15) is 4.31 Å². The van der Waals surface area contributed by atoms with E-state index in [-0.39, 0.29) is 24.5 Å². The van der Waals surface area contributed by atoms with Crippen molar-refractivity contribution < 1.29 is 18.0 Å². The number of piperazine rings is 1. The van der Waals surface area contributed by atoms with Gasteiger partial charge in [0.1, 0.15) is 6.04 Å². The maximum Gasteiger partial charge on any atom is 0.318 e.